The number of benzene rings is 2. The van der Waals surface area contributed by atoms with E-state index in [9.17, 15) is 4.79 Å². The Morgan fingerprint density at radius 2 is 1.77 bits per heavy atom. The number of hydrazine groups is 1. The highest BCUT2D eigenvalue weighted by atomic mass is 35.5. The zero-order chi connectivity index (χ0) is 18.8. The molecule has 0 saturated heterocycles. The van der Waals surface area contributed by atoms with Gasteiger partial charge in [-0.05, 0) is 48.3 Å². The summed E-state index contributed by atoms with van der Waals surface area (Å²) in [5.74, 6) is -0.273. The average Bonchev–Trinajstić information content (AvgIpc) is 2.66. The number of amides is 1. The SMILES string of the molecule is CCC[C@H](C(=O)NNC(=S)NCCc1ccc(Cl)cc1)c1ccccc1. The van der Waals surface area contributed by atoms with Crippen molar-refractivity contribution in [2.45, 2.75) is 32.1 Å². The lowest BCUT2D eigenvalue weighted by molar-refractivity contribution is -0.123. The summed E-state index contributed by atoms with van der Waals surface area (Å²) in [6.07, 6.45) is 2.53. The van der Waals surface area contributed by atoms with E-state index in [0.29, 0.717) is 11.7 Å². The molecule has 0 unspecified atom stereocenters. The summed E-state index contributed by atoms with van der Waals surface area (Å²) >= 11 is 11.1. The molecule has 0 heterocycles. The van der Waals surface area contributed by atoms with E-state index in [1.807, 2.05) is 54.6 Å². The Kier molecular flexibility index (Phi) is 8.38. The van der Waals surface area contributed by atoms with Gasteiger partial charge in [0.15, 0.2) is 5.11 Å². The number of rotatable bonds is 7. The van der Waals surface area contributed by atoms with E-state index in [4.69, 9.17) is 23.8 Å². The number of nitrogens with one attached hydrogen (secondary N) is 3. The summed E-state index contributed by atoms with van der Waals surface area (Å²) < 4.78 is 0. The largest absolute Gasteiger partial charge is 0.361 e. The van der Waals surface area contributed by atoms with E-state index in [-0.39, 0.29) is 11.8 Å². The van der Waals surface area contributed by atoms with E-state index >= 15 is 0 Å². The molecule has 0 aromatic heterocycles. The summed E-state index contributed by atoms with van der Waals surface area (Å²) in [6, 6.07) is 17.5. The molecule has 0 fully saturated rings. The van der Waals surface area contributed by atoms with Crippen LogP contribution in [0.4, 0.5) is 0 Å². The van der Waals surface area contributed by atoms with Crippen LogP contribution in [-0.2, 0) is 11.2 Å². The lowest BCUT2D eigenvalue weighted by Crippen LogP contribution is -2.48. The number of thiocarbonyl (C=S) groups is 1. The summed E-state index contributed by atoms with van der Waals surface area (Å²) in [7, 11) is 0. The maximum atomic E-state index is 12.5. The van der Waals surface area contributed by atoms with Crippen LogP contribution < -0.4 is 16.2 Å². The molecule has 6 heteroatoms. The fourth-order valence-electron chi connectivity index (χ4n) is 2.64. The van der Waals surface area contributed by atoms with Gasteiger partial charge in [-0.3, -0.25) is 15.6 Å². The highest BCUT2D eigenvalue weighted by Crippen LogP contribution is 2.20. The van der Waals surface area contributed by atoms with Crippen LogP contribution in [0.1, 0.15) is 36.8 Å². The number of carbonyl (C=O) groups is 1. The second kappa shape index (κ2) is 10.8. The number of carbonyl (C=O) groups excluding carboxylic acids is 1. The van der Waals surface area contributed by atoms with Crippen molar-refractivity contribution in [1.82, 2.24) is 16.2 Å². The van der Waals surface area contributed by atoms with E-state index in [1.165, 1.54) is 5.56 Å². The predicted octanol–water partition coefficient (Wildman–Crippen LogP) is 3.96. The molecule has 2 aromatic rings. The topological polar surface area (TPSA) is 53.2 Å². The standard InChI is InChI=1S/C20H24ClN3OS/c1-2-6-18(16-7-4-3-5-8-16)19(25)23-24-20(26)22-14-13-15-9-11-17(21)12-10-15/h3-5,7-12,18H,2,6,13-14H2,1H3,(H,23,25)(H2,22,24,26)/t18-/m0/s1. The molecule has 0 spiro atoms. The van der Waals surface area contributed by atoms with Gasteiger partial charge in [-0.25, -0.2) is 0 Å². The molecule has 26 heavy (non-hydrogen) atoms. The second-order valence-corrected chi connectivity index (χ2v) is 6.84. The van der Waals surface area contributed by atoms with E-state index in [2.05, 4.69) is 23.1 Å². The van der Waals surface area contributed by atoms with E-state index in [0.717, 1.165) is 29.8 Å². The van der Waals surface area contributed by atoms with Crippen molar-refractivity contribution in [3.05, 3.63) is 70.7 Å². The molecule has 2 aromatic carbocycles. The third-order valence-corrected chi connectivity index (χ3v) is 4.51. The van der Waals surface area contributed by atoms with E-state index in [1.54, 1.807) is 0 Å². The van der Waals surface area contributed by atoms with Crippen molar-refractivity contribution in [2.75, 3.05) is 6.54 Å². The highest BCUT2D eigenvalue weighted by molar-refractivity contribution is 7.80. The summed E-state index contributed by atoms with van der Waals surface area (Å²) in [6.45, 7) is 2.74. The molecule has 0 aliphatic carbocycles. The van der Waals surface area contributed by atoms with Crippen LogP contribution in [0.5, 0.6) is 0 Å². The lowest BCUT2D eigenvalue weighted by Gasteiger charge is -2.18. The third kappa shape index (κ3) is 6.65. The molecular weight excluding hydrogens is 366 g/mol. The van der Waals surface area contributed by atoms with Gasteiger partial charge in [0, 0.05) is 11.6 Å². The van der Waals surface area contributed by atoms with Crippen molar-refractivity contribution >= 4 is 34.8 Å². The predicted molar refractivity (Wildman–Crippen MR) is 111 cm³/mol. The van der Waals surface area contributed by atoms with Crippen molar-refractivity contribution in [1.29, 1.82) is 0 Å². The fraction of sp³-hybridized carbons (Fsp3) is 0.300. The van der Waals surface area contributed by atoms with Crippen LogP contribution in [0, 0.1) is 0 Å². The van der Waals surface area contributed by atoms with Crippen LogP contribution >= 0.6 is 23.8 Å². The van der Waals surface area contributed by atoms with Gasteiger partial charge in [0.05, 0.1) is 5.92 Å². The quantitative estimate of drug-likeness (QED) is 0.495. The maximum absolute atomic E-state index is 12.5. The first-order valence-electron chi connectivity index (χ1n) is 8.73. The Morgan fingerprint density at radius 1 is 1.08 bits per heavy atom. The Hall–Kier alpha value is -2.11. The van der Waals surface area contributed by atoms with Gasteiger partial charge in [0.2, 0.25) is 5.91 Å². The molecule has 1 amide bonds. The second-order valence-electron chi connectivity index (χ2n) is 6.00. The van der Waals surface area contributed by atoms with Crippen LogP contribution in [0.15, 0.2) is 54.6 Å². The van der Waals surface area contributed by atoms with Gasteiger partial charge in [0.1, 0.15) is 0 Å². The maximum Gasteiger partial charge on any atom is 0.245 e. The fourth-order valence-corrected chi connectivity index (χ4v) is 2.92. The minimum Gasteiger partial charge on any atom is -0.361 e. The zero-order valence-electron chi connectivity index (χ0n) is 14.8. The van der Waals surface area contributed by atoms with Gasteiger partial charge >= 0.3 is 0 Å². The van der Waals surface area contributed by atoms with Crippen molar-refractivity contribution < 1.29 is 4.79 Å². The molecule has 0 aliphatic rings. The van der Waals surface area contributed by atoms with Gasteiger partial charge in [0.25, 0.3) is 0 Å². The minimum absolute atomic E-state index is 0.0834. The summed E-state index contributed by atoms with van der Waals surface area (Å²) in [4.78, 5) is 12.5. The van der Waals surface area contributed by atoms with Gasteiger partial charge < -0.3 is 5.32 Å². The first kappa shape index (κ1) is 20.2. The third-order valence-electron chi connectivity index (χ3n) is 4.01. The molecule has 1 atom stereocenters. The van der Waals surface area contributed by atoms with Crippen LogP contribution in [0.2, 0.25) is 5.02 Å². The molecule has 4 nitrogen and oxygen atoms in total. The average molecular weight is 390 g/mol. The van der Waals surface area contributed by atoms with Crippen molar-refractivity contribution in [3.63, 3.8) is 0 Å². The molecular formula is C20H24ClN3OS. The summed E-state index contributed by atoms with van der Waals surface area (Å²) in [5.41, 5.74) is 7.67. The molecule has 3 N–H and O–H groups in total. The molecule has 2 rings (SSSR count). The number of hydrogen-bond acceptors (Lipinski definition) is 2. The molecule has 0 aliphatic heterocycles. The monoisotopic (exact) mass is 389 g/mol. The lowest BCUT2D eigenvalue weighted by atomic mass is 9.94. The van der Waals surface area contributed by atoms with Gasteiger partial charge in [-0.15, -0.1) is 0 Å². The Bertz CT molecular complexity index is 707. The zero-order valence-corrected chi connectivity index (χ0v) is 16.4. The molecule has 0 bridgehead atoms. The Balaban J connectivity index is 1.76. The molecule has 0 saturated carbocycles. The number of hydrogen-bond donors (Lipinski definition) is 3. The normalized spacial score (nSPS) is 11.5. The molecule has 138 valence electrons. The first-order chi connectivity index (χ1) is 12.6. The Labute approximate surface area is 165 Å². The smallest absolute Gasteiger partial charge is 0.245 e. The van der Waals surface area contributed by atoms with Crippen LogP contribution in [-0.4, -0.2) is 17.6 Å². The number of halogens is 1. The van der Waals surface area contributed by atoms with Crippen LogP contribution in [0.3, 0.4) is 0 Å². The van der Waals surface area contributed by atoms with Crippen molar-refractivity contribution in [3.8, 4) is 0 Å². The first-order valence-corrected chi connectivity index (χ1v) is 9.52. The van der Waals surface area contributed by atoms with E-state index < -0.39 is 0 Å². The van der Waals surface area contributed by atoms with Crippen molar-refractivity contribution in [2.24, 2.45) is 0 Å². The van der Waals surface area contributed by atoms with Gasteiger partial charge in [-0.1, -0.05) is 67.4 Å². The minimum atomic E-state index is -0.189. The van der Waals surface area contributed by atoms with Crippen LogP contribution in [0.25, 0.3) is 0 Å². The Morgan fingerprint density at radius 3 is 2.42 bits per heavy atom. The summed E-state index contributed by atoms with van der Waals surface area (Å²) in [5, 5.41) is 4.21. The molecule has 0 radical (unpaired) electrons. The van der Waals surface area contributed by atoms with Gasteiger partial charge in [-0.2, -0.15) is 0 Å². The highest BCUT2D eigenvalue weighted by Gasteiger charge is 2.19.